The van der Waals surface area contributed by atoms with Gasteiger partial charge < -0.3 is 5.11 Å². The molecule has 1 N–H and O–H groups in total. The molecule has 1 aromatic carbocycles. The van der Waals surface area contributed by atoms with E-state index in [-0.39, 0.29) is 5.82 Å². The fraction of sp³-hybridized carbons (Fsp3) is 0.333. The summed E-state index contributed by atoms with van der Waals surface area (Å²) in [6.45, 7) is 7.42. The topological polar surface area (TPSA) is 81.7 Å². The number of rotatable bonds is 6. The zero-order valence-electron chi connectivity index (χ0n) is 19.0. The van der Waals surface area contributed by atoms with Crippen LogP contribution in [0, 0.1) is 12.7 Å². The van der Waals surface area contributed by atoms with Crippen molar-refractivity contribution in [1.29, 1.82) is 0 Å². The SMILES string of the molecule is CCc1c(-c2ccc(F)cc2)nn(C)c1Cc1cc(-n2nc(C)cc2C(C)(C)O)ncn1. The van der Waals surface area contributed by atoms with Crippen LogP contribution >= 0.6 is 0 Å². The summed E-state index contributed by atoms with van der Waals surface area (Å²) in [6, 6.07) is 10.1. The highest BCUT2D eigenvalue weighted by Crippen LogP contribution is 2.28. The van der Waals surface area contributed by atoms with Gasteiger partial charge in [0.05, 0.1) is 22.8 Å². The first-order valence-corrected chi connectivity index (χ1v) is 10.6. The maximum Gasteiger partial charge on any atom is 0.157 e. The van der Waals surface area contributed by atoms with Gasteiger partial charge in [-0.1, -0.05) is 6.92 Å². The van der Waals surface area contributed by atoms with Crippen molar-refractivity contribution in [2.45, 2.75) is 46.1 Å². The molecule has 7 nitrogen and oxygen atoms in total. The summed E-state index contributed by atoms with van der Waals surface area (Å²) in [7, 11) is 1.91. The summed E-state index contributed by atoms with van der Waals surface area (Å²) in [5, 5.41) is 19.8. The first-order valence-electron chi connectivity index (χ1n) is 10.6. The average molecular weight is 435 g/mol. The Kier molecular flexibility index (Phi) is 5.64. The number of halogens is 1. The molecule has 8 heteroatoms. The van der Waals surface area contributed by atoms with Crippen LogP contribution < -0.4 is 0 Å². The van der Waals surface area contributed by atoms with E-state index in [9.17, 15) is 9.50 Å². The molecule has 0 aliphatic heterocycles. The van der Waals surface area contributed by atoms with E-state index in [1.54, 1.807) is 30.7 Å². The van der Waals surface area contributed by atoms with Gasteiger partial charge >= 0.3 is 0 Å². The highest BCUT2D eigenvalue weighted by Gasteiger charge is 2.24. The predicted molar refractivity (Wildman–Crippen MR) is 120 cm³/mol. The van der Waals surface area contributed by atoms with Gasteiger partial charge in [-0.05, 0) is 57.5 Å². The van der Waals surface area contributed by atoms with Gasteiger partial charge in [-0.25, -0.2) is 19.0 Å². The van der Waals surface area contributed by atoms with Crippen molar-refractivity contribution >= 4 is 0 Å². The van der Waals surface area contributed by atoms with Crippen LogP contribution in [-0.2, 0) is 25.5 Å². The summed E-state index contributed by atoms with van der Waals surface area (Å²) >= 11 is 0. The molecule has 166 valence electrons. The molecule has 32 heavy (non-hydrogen) atoms. The van der Waals surface area contributed by atoms with Gasteiger partial charge in [0.25, 0.3) is 0 Å². The minimum Gasteiger partial charge on any atom is -0.384 e. The summed E-state index contributed by atoms with van der Waals surface area (Å²) in [4.78, 5) is 8.85. The number of aliphatic hydroxyl groups is 1. The lowest BCUT2D eigenvalue weighted by Gasteiger charge is -2.18. The van der Waals surface area contributed by atoms with E-state index in [4.69, 9.17) is 5.10 Å². The number of nitrogens with zero attached hydrogens (tertiary/aromatic N) is 6. The molecule has 3 aromatic heterocycles. The Morgan fingerprint density at radius 1 is 1.06 bits per heavy atom. The first-order chi connectivity index (χ1) is 15.2. The molecular formula is C24H27FN6O. The minimum absolute atomic E-state index is 0.268. The van der Waals surface area contributed by atoms with Crippen molar-refractivity contribution in [2.24, 2.45) is 7.05 Å². The zero-order valence-corrected chi connectivity index (χ0v) is 19.0. The van der Waals surface area contributed by atoms with Crippen LogP contribution in [0.2, 0.25) is 0 Å². The standard InChI is InChI=1S/C24H27FN6O/c1-6-19-20(30(5)29-23(19)16-7-9-17(25)10-8-16)12-18-13-22(27-14-26-18)31-21(24(3,4)32)11-15(2)28-31/h7-11,13-14,32H,6,12H2,1-5H3. The fourth-order valence-corrected chi connectivity index (χ4v) is 3.91. The first kappa shape index (κ1) is 21.8. The van der Waals surface area contributed by atoms with Crippen molar-refractivity contribution in [3.8, 4) is 17.1 Å². The van der Waals surface area contributed by atoms with Crippen LogP contribution in [0.4, 0.5) is 4.39 Å². The number of hydrogen-bond donors (Lipinski definition) is 1. The second-order valence-corrected chi connectivity index (χ2v) is 8.44. The Labute approximate surface area is 186 Å². The Morgan fingerprint density at radius 3 is 2.44 bits per heavy atom. The van der Waals surface area contributed by atoms with Crippen molar-refractivity contribution < 1.29 is 9.50 Å². The normalized spacial score (nSPS) is 11.8. The lowest BCUT2D eigenvalue weighted by Crippen LogP contribution is -2.21. The third kappa shape index (κ3) is 4.18. The van der Waals surface area contributed by atoms with E-state index in [2.05, 4.69) is 22.0 Å². The molecule has 0 saturated carbocycles. The molecule has 3 heterocycles. The molecule has 0 fully saturated rings. The van der Waals surface area contributed by atoms with Crippen LogP contribution in [0.25, 0.3) is 17.1 Å². The third-order valence-corrected chi connectivity index (χ3v) is 5.48. The molecule has 0 spiro atoms. The Bertz CT molecular complexity index is 1250. The third-order valence-electron chi connectivity index (χ3n) is 5.48. The number of benzene rings is 1. The quantitative estimate of drug-likeness (QED) is 0.498. The van der Waals surface area contributed by atoms with Crippen LogP contribution in [-0.4, -0.2) is 34.6 Å². The van der Waals surface area contributed by atoms with Crippen LogP contribution in [0.1, 0.15) is 49.1 Å². The van der Waals surface area contributed by atoms with Gasteiger partial charge in [-0.3, -0.25) is 4.68 Å². The van der Waals surface area contributed by atoms with Crippen LogP contribution in [0.15, 0.2) is 42.7 Å². The maximum atomic E-state index is 13.4. The van der Waals surface area contributed by atoms with E-state index in [0.717, 1.165) is 40.3 Å². The Hall–Kier alpha value is -3.39. The lowest BCUT2D eigenvalue weighted by molar-refractivity contribution is 0.0710. The highest BCUT2D eigenvalue weighted by molar-refractivity contribution is 5.64. The molecule has 0 saturated heterocycles. The smallest absolute Gasteiger partial charge is 0.157 e. The average Bonchev–Trinajstić information content (AvgIpc) is 3.29. The van der Waals surface area contributed by atoms with Gasteiger partial charge in [-0.15, -0.1) is 0 Å². The largest absolute Gasteiger partial charge is 0.384 e. The molecule has 0 unspecified atom stereocenters. The maximum absolute atomic E-state index is 13.4. The van der Waals surface area contributed by atoms with Gasteiger partial charge in [0.2, 0.25) is 0 Å². The van der Waals surface area contributed by atoms with Crippen molar-refractivity contribution in [2.75, 3.05) is 0 Å². The summed E-state index contributed by atoms with van der Waals surface area (Å²) in [5.74, 6) is 0.329. The van der Waals surface area contributed by atoms with Crippen LogP contribution in [0.5, 0.6) is 0 Å². The van der Waals surface area contributed by atoms with Gasteiger partial charge in [0.1, 0.15) is 17.7 Å². The number of hydrogen-bond acceptors (Lipinski definition) is 5. The lowest BCUT2D eigenvalue weighted by atomic mass is 10.0. The second-order valence-electron chi connectivity index (χ2n) is 8.44. The van der Waals surface area contributed by atoms with E-state index >= 15 is 0 Å². The summed E-state index contributed by atoms with van der Waals surface area (Å²) in [5.41, 5.74) is 5.09. The molecule has 0 amide bonds. The molecule has 0 aliphatic carbocycles. The Morgan fingerprint density at radius 2 is 1.78 bits per heavy atom. The van der Waals surface area contributed by atoms with Gasteiger partial charge in [0, 0.05) is 36.4 Å². The van der Waals surface area contributed by atoms with Gasteiger partial charge in [-0.2, -0.15) is 10.2 Å². The van der Waals surface area contributed by atoms with E-state index in [1.807, 2.05) is 30.8 Å². The van der Waals surface area contributed by atoms with Gasteiger partial charge in [0.15, 0.2) is 5.82 Å². The summed E-state index contributed by atoms with van der Waals surface area (Å²) in [6.07, 6.45) is 2.86. The molecule has 4 rings (SSSR count). The highest BCUT2D eigenvalue weighted by atomic mass is 19.1. The van der Waals surface area contributed by atoms with E-state index in [1.165, 1.54) is 18.5 Å². The van der Waals surface area contributed by atoms with E-state index in [0.29, 0.717) is 17.9 Å². The summed E-state index contributed by atoms with van der Waals surface area (Å²) < 4.78 is 16.9. The van der Waals surface area contributed by atoms with E-state index < -0.39 is 5.60 Å². The zero-order chi connectivity index (χ0) is 23.0. The fourth-order valence-electron chi connectivity index (χ4n) is 3.91. The van der Waals surface area contributed by atoms with Crippen molar-refractivity contribution in [1.82, 2.24) is 29.5 Å². The molecule has 0 radical (unpaired) electrons. The predicted octanol–water partition coefficient (Wildman–Crippen LogP) is 3.89. The second kappa shape index (κ2) is 8.27. The molecule has 0 atom stereocenters. The molecular weight excluding hydrogens is 407 g/mol. The van der Waals surface area contributed by atoms with Crippen molar-refractivity contribution in [3.63, 3.8) is 0 Å². The van der Waals surface area contributed by atoms with Crippen molar-refractivity contribution in [3.05, 3.63) is 76.9 Å². The van der Waals surface area contributed by atoms with Crippen LogP contribution in [0.3, 0.4) is 0 Å². The molecule has 0 aliphatic rings. The number of aromatic nitrogens is 6. The minimum atomic E-state index is -1.06. The molecule has 0 bridgehead atoms. The number of aryl methyl sites for hydroxylation is 2. The Balaban J connectivity index is 1.72. The monoisotopic (exact) mass is 434 g/mol. The molecule has 4 aromatic rings.